The first-order valence-corrected chi connectivity index (χ1v) is 7.52. The highest BCUT2D eigenvalue weighted by Crippen LogP contribution is 2.25. The third-order valence-corrected chi connectivity index (χ3v) is 3.96. The zero-order valence-electron chi connectivity index (χ0n) is 12.4. The average Bonchev–Trinajstić information content (AvgIpc) is 2.62. The Balaban J connectivity index is 1.70. The van der Waals surface area contributed by atoms with Gasteiger partial charge in [-0.05, 0) is 35.4 Å². The maximum Gasteiger partial charge on any atom is 0.123 e. The Labute approximate surface area is 134 Å². The van der Waals surface area contributed by atoms with E-state index in [1.807, 2.05) is 36.4 Å². The molecule has 0 atom stereocenters. The molecule has 0 aliphatic carbocycles. The van der Waals surface area contributed by atoms with E-state index in [1.54, 1.807) is 12.1 Å². The number of para-hydroxylation sites is 1. The predicted molar refractivity (Wildman–Crippen MR) is 92.6 cm³/mol. The standard InChI is InChI=1S/C21H14FN/c22-19-12-9-16(10-13-19)15-5-7-18(8-6-15)21-14-11-17-3-1-2-4-20(17)23-21/h1-14H. The van der Waals surface area contributed by atoms with Gasteiger partial charge in [0.05, 0.1) is 11.2 Å². The second-order valence-corrected chi connectivity index (χ2v) is 5.47. The molecule has 0 N–H and O–H groups in total. The molecule has 0 aliphatic heterocycles. The summed E-state index contributed by atoms with van der Waals surface area (Å²) in [7, 11) is 0. The molecule has 1 aromatic heterocycles. The van der Waals surface area contributed by atoms with Crippen molar-refractivity contribution in [1.82, 2.24) is 4.98 Å². The van der Waals surface area contributed by atoms with Gasteiger partial charge in [-0.2, -0.15) is 0 Å². The van der Waals surface area contributed by atoms with E-state index in [4.69, 9.17) is 4.98 Å². The molecule has 4 rings (SSSR count). The van der Waals surface area contributed by atoms with Gasteiger partial charge in [-0.25, -0.2) is 9.37 Å². The van der Waals surface area contributed by atoms with E-state index in [2.05, 4.69) is 24.3 Å². The fraction of sp³-hybridized carbons (Fsp3) is 0. The molecule has 0 spiro atoms. The lowest BCUT2D eigenvalue weighted by Gasteiger charge is -2.06. The van der Waals surface area contributed by atoms with Gasteiger partial charge in [-0.1, -0.05) is 60.7 Å². The quantitative estimate of drug-likeness (QED) is 0.462. The molecule has 110 valence electrons. The number of pyridine rings is 1. The molecule has 3 aromatic carbocycles. The molecular formula is C21H14FN. The van der Waals surface area contributed by atoms with Gasteiger partial charge in [0.25, 0.3) is 0 Å². The van der Waals surface area contributed by atoms with Crippen LogP contribution in [-0.4, -0.2) is 4.98 Å². The van der Waals surface area contributed by atoms with Crippen LogP contribution in [0.5, 0.6) is 0 Å². The van der Waals surface area contributed by atoms with Crippen LogP contribution in [0, 0.1) is 5.82 Å². The van der Waals surface area contributed by atoms with Crippen molar-refractivity contribution < 1.29 is 4.39 Å². The number of hydrogen-bond acceptors (Lipinski definition) is 1. The summed E-state index contributed by atoms with van der Waals surface area (Å²) in [5.41, 5.74) is 5.09. The Morgan fingerprint density at radius 3 is 1.91 bits per heavy atom. The Morgan fingerprint density at radius 1 is 0.565 bits per heavy atom. The van der Waals surface area contributed by atoms with Gasteiger partial charge in [0, 0.05) is 10.9 Å². The minimum atomic E-state index is -0.217. The van der Waals surface area contributed by atoms with E-state index in [-0.39, 0.29) is 5.82 Å². The largest absolute Gasteiger partial charge is 0.248 e. The Bertz CT molecular complexity index is 957. The summed E-state index contributed by atoms with van der Waals surface area (Å²) in [6.45, 7) is 0. The zero-order valence-corrected chi connectivity index (χ0v) is 12.4. The van der Waals surface area contributed by atoms with Crippen molar-refractivity contribution >= 4 is 10.9 Å². The summed E-state index contributed by atoms with van der Waals surface area (Å²) in [4.78, 5) is 4.71. The number of halogens is 1. The highest BCUT2D eigenvalue weighted by Gasteiger charge is 2.03. The summed E-state index contributed by atoms with van der Waals surface area (Å²) in [6.07, 6.45) is 0. The highest BCUT2D eigenvalue weighted by molar-refractivity contribution is 5.81. The summed E-state index contributed by atoms with van der Waals surface area (Å²) < 4.78 is 13.0. The van der Waals surface area contributed by atoms with Crippen LogP contribution in [0.3, 0.4) is 0 Å². The number of nitrogens with zero attached hydrogens (tertiary/aromatic N) is 1. The minimum absolute atomic E-state index is 0.217. The van der Waals surface area contributed by atoms with Crippen molar-refractivity contribution in [3.05, 3.63) is 90.7 Å². The first kappa shape index (κ1) is 13.6. The molecule has 0 saturated carbocycles. The maximum absolute atomic E-state index is 13.0. The molecule has 23 heavy (non-hydrogen) atoms. The van der Waals surface area contributed by atoms with Crippen LogP contribution < -0.4 is 0 Å². The third kappa shape index (κ3) is 2.71. The van der Waals surface area contributed by atoms with Crippen molar-refractivity contribution in [2.75, 3.05) is 0 Å². The van der Waals surface area contributed by atoms with Crippen LogP contribution >= 0.6 is 0 Å². The second-order valence-electron chi connectivity index (χ2n) is 5.47. The van der Waals surface area contributed by atoms with Gasteiger partial charge in [-0.3, -0.25) is 0 Å². The molecule has 0 radical (unpaired) electrons. The lowest BCUT2D eigenvalue weighted by molar-refractivity contribution is 0.628. The van der Waals surface area contributed by atoms with Crippen molar-refractivity contribution in [2.24, 2.45) is 0 Å². The van der Waals surface area contributed by atoms with Gasteiger partial charge in [-0.15, -0.1) is 0 Å². The fourth-order valence-corrected chi connectivity index (χ4v) is 2.70. The van der Waals surface area contributed by atoms with Gasteiger partial charge in [0.1, 0.15) is 5.82 Å². The van der Waals surface area contributed by atoms with Crippen LogP contribution in [0.15, 0.2) is 84.9 Å². The molecule has 0 amide bonds. The second kappa shape index (κ2) is 5.65. The Kier molecular flexibility index (Phi) is 3.35. The van der Waals surface area contributed by atoms with E-state index >= 15 is 0 Å². The third-order valence-electron chi connectivity index (χ3n) is 3.96. The predicted octanol–water partition coefficient (Wildman–Crippen LogP) is 5.71. The monoisotopic (exact) mass is 299 g/mol. The molecule has 0 unspecified atom stereocenters. The van der Waals surface area contributed by atoms with Crippen LogP contribution in [0.4, 0.5) is 4.39 Å². The Morgan fingerprint density at radius 2 is 1.17 bits per heavy atom. The lowest BCUT2D eigenvalue weighted by Crippen LogP contribution is -1.85. The van der Waals surface area contributed by atoms with Crippen molar-refractivity contribution in [2.45, 2.75) is 0 Å². The van der Waals surface area contributed by atoms with Gasteiger partial charge < -0.3 is 0 Å². The van der Waals surface area contributed by atoms with E-state index < -0.39 is 0 Å². The molecule has 2 heteroatoms. The first-order chi connectivity index (χ1) is 11.3. The zero-order chi connectivity index (χ0) is 15.6. The smallest absolute Gasteiger partial charge is 0.123 e. The van der Waals surface area contributed by atoms with E-state index in [0.29, 0.717) is 0 Å². The molecule has 0 saturated heterocycles. The summed E-state index contributed by atoms with van der Waals surface area (Å²) >= 11 is 0. The van der Waals surface area contributed by atoms with Crippen LogP contribution in [0.2, 0.25) is 0 Å². The minimum Gasteiger partial charge on any atom is -0.248 e. The summed E-state index contributed by atoms with van der Waals surface area (Å²) in [6, 6.07) is 26.9. The molecule has 1 nitrogen and oxygen atoms in total. The number of benzene rings is 3. The molecular weight excluding hydrogens is 285 g/mol. The van der Waals surface area contributed by atoms with Crippen molar-refractivity contribution in [3.8, 4) is 22.4 Å². The highest BCUT2D eigenvalue weighted by atomic mass is 19.1. The van der Waals surface area contributed by atoms with Crippen molar-refractivity contribution in [1.29, 1.82) is 0 Å². The van der Waals surface area contributed by atoms with Gasteiger partial charge in [0.15, 0.2) is 0 Å². The SMILES string of the molecule is Fc1ccc(-c2ccc(-c3ccc4ccccc4n3)cc2)cc1. The maximum atomic E-state index is 13.0. The number of hydrogen-bond donors (Lipinski definition) is 0. The number of aromatic nitrogens is 1. The molecule has 1 heterocycles. The van der Waals surface area contributed by atoms with Gasteiger partial charge >= 0.3 is 0 Å². The van der Waals surface area contributed by atoms with E-state index in [0.717, 1.165) is 33.3 Å². The topological polar surface area (TPSA) is 12.9 Å². The summed E-state index contributed by atoms with van der Waals surface area (Å²) in [5, 5.41) is 1.14. The van der Waals surface area contributed by atoms with Crippen LogP contribution in [0.25, 0.3) is 33.3 Å². The van der Waals surface area contributed by atoms with Crippen LogP contribution in [-0.2, 0) is 0 Å². The normalized spacial score (nSPS) is 10.8. The van der Waals surface area contributed by atoms with Gasteiger partial charge in [0.2, 0.25) is 0 Å². The molecule has 0 fully saturated rings. The molecule has 0 aliphatic rings. The van der Waals surface area contributed by atoms with Crippen molar-refractivity contribution in [3.63, 3.8) is 0 Å². The van der Waals surface area contributed by atoms with E-state index in [9.17, 15) is 4.39 Å². The summed E-state index contributed by atoms with van der Waals surface area (Å²) in [5.74, 6) is -0.217. The van der Waals surface area contributed by atoms with Crippen LogP contribution in [0.1, 0.15) is 0 Å². The number of rotatable bonds is 2. The lowest BCUT2D eigenvalue weighted by atomic mass is 10.0. The molecule has 0 bridgehead atoms. The fourth-order valence-electron chi connectivity index (χ4n) is 2.70. The molecule has 4 aromatic rings. The Hall–Kier alpha value is -3.00. The average molecular weight is 299 g/mol. The number of fused-ring (bicyclic) bond motifs is 1. The van der Waals surface area contributed by atoms with E-state index in [1.165, 1.54) is 12.1 Å². The first-order valence-electron chi connectivity index (χ1n) is 7.52.